The molecule has 1 rings (SSSR count). The second-order valence-electron chi connectivity index (χ2n) is 3.27. The number of hydrogen-bond donors (Lipinski definition) is 0. The number of halogens is 1. The van der Waals surface area contributed by atoms with Crippen molar-refractivity contribution in [2.45, 2.75) is 18.7 Å². The Morgan fingerprint density at radius 2 is 2.25 bits per heavy atom. The highest BCUT2D eigenvalue weighted by Crippen LogP contribution is 2.16. The van der Waals surface area contributed by atoms with E-state index in [1.807, 2.05) is 0 Å². The van der Waals surface area contributed by atoms with Crippen LogP contribution in [0.3, 0.4) is 0 Å². The minimum Gasteiger partial charge on any atom is -0.465 e. The second kappa shape index (κ2) is 6.14. The van der Waals surface area contributed by atoms with Gasteiger partial charge in [0.15, 0.2) is 0 Å². The van der Waals surface area contributed by atoms with Crippen molar-refractivity contribution in [2.24, 2.45) is 0 Å². The van der Waals surface area contributed by atoms with Crippen molar-refractivity contribution in [2.75, 3.05) is 7.11 Å². The second-order valence-corrected chi connectivity index (χ2v) is 3.53. The topological polar surface area (TPSA) is 50.1 Å². The van der Waals surface area contributed by atoms with Crippen LogP contribution in [0.1, 0.15) is 27.9 Å². The van der Waals surface area contributed by atoms with E-state index in [1.54, 1.807) is 18.2 Å². The Balaban J connectivity index is 3.01. The average molecular weight is 238 g/mol. The molecule has 0 atom stereocenters. The molecule has 1 aromatic rings. The molecule has 0 heterocycles. The molecule has 0 aromatic heterocycles. The summed E-state index contributed by atoms with van der Waals surface area (Å²) in [7, 11) is 1.34. The van der Waals surface area contributed by atoms with Crippen LogP contribution < -0.4 is 0 Å². The molecule has 0 bridgehead atoms. The smallest absolute Gasteiger partial charge is 0.337 e. The van der Waals surface area contributed by atoms with Gasteiger partial charge in [0, 0.05) is 12.3 Å². The van der Waals surface area contributed by atoms with Crippen molar-refractivity contribution in [1.82, 2.24) is 0 Å². The Hall–Kier alpha value is -1.53. The molecule has 0 radical (unpaired) electrons. The third kappa shape index (κ3) is 2.98. The lowest BCUT2D eigenvalue weighted by Gasteiger charge is -2.07. The molecule has 0 N–H and O–H groups in total. The molecule has 4 heteroatoms. The molecule has 0 aliphatic carbocycles. The number of carbonyl (C=O) groups is 1. The fourth-order valence-corrected chi connectivity index (χ4v) is 1.69. The minimum atomic E-state index is -0.376. The van der Waals surface area contributed by atoms with Crippen molar-refractivity contribution >= 4 is 17.6 Å². The summed E-state index contributed by atoms with van der Waals surface area (Å²) in [5.74, 6) is 0.00158. The van der Waals surface area contributed by atoms with Crippen molar-refractivity contribution in [3.8, 4) is 6.07 Å². The molecule has 16 heavy (non-hydrogen) atoms. The van der Waals surface area contributed by atoms with Gasteiger partial charge in [0.1, 0.15) is 0 Å². The largest absolute Gasteiger partial charge is 0.465 e. The van der Waals surface area contributed by atoms with Gasteiger partial charge in [-0.1, -0.05) is 6.07 Å². The minimum absolute atomic E-state index is 0.376. The van der Waals surface area contributed by atoms with Crippen LogP contribution in [-0.4, -0.2) is 13.1 Å². The zero-order valence-electron chi connectivity index (χ0n) is 9.00. The standard InChI is InChI=1S/C12H12ClNO2/c1-16-12(15)10-4-5-11(8-13)9(7-10)3-2-6-14/h4-5,7H,2-3,8H2,1H3. The number of ether oxygens (including phenoxy) is 1. The summed E-state index contributed by atoms with van der Waals surface area (Å²) >= 11 is 5.78. The number of alkyl halides is 1. The molecule has 0 fully saturated rings. The Bertz CT molecular complexity index is 424. The van der Waals surface area contributed by atoms with Gasteiger partial charge in [0.2, 0.25) is 0 Å². The van der Waals surface area contributed by atoms with E-state index in [4.69, 9.17) is 16.9 Å². The van der Waals surface area contributed by atoms with E-state index < -0.39 is 0 Å². The Labute approximate surface area is 99.6 Å². The van der Waals surface area contributed by atoms with E-state index in [0.29, 0.717) is 24.3 Å². The summed E-state index contributed by atoms with van der Waals surface area (Å²) in [5, 5.41) is 8.54. The van der Waals surface area contributed by atoms with Crippen molar-refractivity contribution < 1.29 is 9.53 Å². The Morgan fingerprint density at radius 1 is 1.50 bits per heavy atom. The summed E-state index contributed by atoms with van der Waals surface area (Å²) in [5.41, 5.74) is 2.37. The summed E-state index contributed by atoms with van der Waals surface area (Å²) in [6, 6.07) is 7.29. The molecular weight excluding hydrogens is 226 g/mol. The summed E-state index contributed by atoms with van der Waals surface area (Å²) < 4.78 is 4.63. The van der Waals surface area contributed by atoms with Gasteiger partial charge in [-0.05, 0) is 29.7 Å². The monoisotopic (exact) mass is 237 g/mol. The van der Waals surface area contributed by atoms with Gasteiger partial charge in [0.05, 0.1) is 18.7 Å². The molecule has 0 aliphatic heterocycles. The zero-order chi connectivity index (χ0) is 12.0. The van der Waals surface area contributed by atoms with Gasteiger partial charge in [-0.15, -0.1) is 11.6 Å². The third-order valence-electron chi connectivity index (χ3n) is 2.28. The molecular formula is C12H12ClNO2. The third-order valence-corrected chi connectivity index (χ3v) is 2.57. The van der Waals surface area contributed by atoms with E-state index in [0.717, 1.165) is 11.1 Å². The van der Waals surface area contributed by atoms with Gasteiger partial charge >= 0.3 is 5.97 Å². The Morgan fingerprint density at radius 3 is 2.81 bits per heavy atom. The number of hydrogen-bond acceptors (Lipinski definition) is 3. The highest BCUT2D eigenvalue weighted by Gasteiger charge is 2.09. The molecule has 0 spiro atoms. The highest BCUT2D eigenvalue weighted by atomic mass is 35.5. The number of rotatable bonds is 4. The van der Waals surface area contributed by atoms with Gasteiger partial charge in [-0.3, -0.25) is 0 Å². The molecule has 0 saturated heterocycles. The molecule has 3 nitrogen and oxygen atoms in total. The number of carbonyl (C=O) groups excluding carboxylic acids is 1. The van der Waals surface area contributed by atoms with Gasteiger partial charge < -0.3 is 4.74 Å². The SMILES string of the molecule is COC(=O)c1ccc(CCl)c(CCC#N)c1. The van der Waals surface area contributed by atoms with Gasteiger partial charge in [-0.25, -0.2) is 4.79 Å². The Kier molecular flexibility index (Phi) is 4.81. The van der Waals surface area contributed by atoms with Crippen LogP contribution in [0.2, 0.25) is 0 Å². The quantitative estimate of drug-likeness (QED) is 0.598. The van der Waals surface area contributed by atoms with Crippen LogP contribution in [0.15, 0.2) is 18.2 Å². The maximum absolute atomic E-state index is 11.3. The fraction of sp³-hybridized carbons (Fsp3) is 0.333. The predicted octanol–water partition coefficient (Wildman–Crippen LogP) is 2.67. The number of benzene rings is 1. The van der Waals surface area contributed by atoms with Crippen LogP contribution in [0, 0.1) is 11.3 Å². The number of aryl methyl sites for hydroxylation is 1. The molecule has 0 amide bonds. The van der Waals surface area contributed by atoms with Crippen molar-refractivity contribution in [1.29, 1.82) is 5.26 Å². The van der Waals surface area contributed by atoms with Crippen LogP contribution in [-0.2, 0) is 17.0 Å². The zero-order valence-corrected chi connectivity index (χ0v) is 9.75. The van der Waals surface area contributed by atoms with Crippen LogP contribution in [0.5, 0.6) is 0 Å². The lowest BCUT2D eigenvalue weighted by molar-refractivity contribution is 0.0600. The van der Waals surface area contributed by atoms with Crippen molar-refractivity contribution in [3.63, 3.8) is 0 Å². The lowest BCUT2D eigenvalue weighted by atomic mass is 10.0. The first-order valence-corrected chi connectivity index (χ1v) is 5.39. The summed E-state index contributed by atoms with van der Waals surface area (Å²) in [4.78, 5) is 11.3. The van der Waals surface area contributed by atoms with E-state index >= 15 is 0 Å². The normalized spacial score (nSPS) is 9.56. The predicted molar refractivity (Wildman–Crippen MR) is 61.3 cm³/mol. The maximum atomic E-state index is 11.3. The van der Waals surface area contributed by atoms with Crippen LogP contribution in [0.25, 0.3) is 0 Å². The van der Waals surface area contributed by atoms with Crippen LogP contribution >= 0.6 is 11.6 Å². The first kappa shape index (κ1) is 12.5. The van der Waals surface area contributed by atoms with Crippen molar-refractivity contribution in [3.05, 3.63) is 34.9 Å². The van der Waals surface area contributed by atoms with Crippen LogP contribution in [0.4, 0.5) is 0 Å². The highest BCUT2D eigenvalue weighted by molar-refractivity contribution is 6.17. The first-order valence-electron chi connectivity index (χ1n) is 4.86. The van der Waals surface area contributed by atoms with Gasteiger partial charge in [0.25, 0.3) is 0 Å². The lowest BCUT2D eigenvalue weighted by Crippen LogP contribution is -2.03. The molecule has 84 valence electrons. The maximum Gasteiger partial charge on any atom is 0.337 e. The number of methoxy groups -OCH3 is 1. The van der Waals surface area contributed by atoms with E-state index in [1.165, 1.54) is 7.11 Å². The number of nitriles is 1. The molecule has 0 aliphatic rings. The van der Waals surface area contributed by atoms with E-state index in [9.17, 15) is 4.79 Å². The summed E-state index contributed by atoms with van der Waals surface area (Å²) in [6.45, 7) is 0. The van der Waals surface area contributed by atoms with E-state index in [2.05, 4.69) is 10.8 Å². The molecule has 0 saturated carbocycles. The first-order chi connectivity index (χ1) is 7.72. The summed E-state index contributed by atoms with van der Waals surface area (Å²) in [6.07, 6.45) is 1.01. The molecule has 1 aromatic carbocycles. The van der Waals surface area contributed by atoms with Gasteiger partial charge in [-0.2, -0.15) is 5.26 Å². The average Bonchev–Trinajstić information content (AvgIpc) is 2.34. The fourth-order valence-electron chi connectivity index (χ4n) is 1.42. The number of nitrogens with zero attached hydrogens (tertiary/aromatic N) is 1. The molecule has 0 unspecified atom stereocenters. The van der Waals surface area contributed by atoms with E-state index in [-0.39, 0.29) is 5.97 Å². The number of esters is 1.